The summed E-state index contributed by atoms with van der Waals surface area (Å²) in [6.07, 6.45) is 7.66. The highest BCUT2D eigenvalue weighted by Gasteiger charge is 2.53. The molecule has 0 saturated carbocycles. The zero-order valence-electron chi connectivity index (χ0n) is 27.0. The highest BCUT2D eigenvalue weighted by atomic mass is 19.1. The van der Waals surface area contributed by atoms with Crippen molar-refractivity contribution in [1.82, 2.24) is 14.7 Å². The molecule has 3 fully saturated rings. The molecule has 0 radical (unpaired) electrons. The number of allylic oxidation sites excluding steroid dienone is 1. The third kappa shape index (κ3) is 6.34. The lowest BCUT2D eigenvalue weighted by Gasteiger charge is -2.32. The van der Waals surface area contributed by atoms with Gasteiger partial charge >= 0.3 is 7.12 Å². The van der Waals surface area contributed by atoms with Crippen molar-refractivity contribution in [3.8, 4) is 5.75 Å². The zero-order chi connectivity index (χ0) is 30.9. The van der Waals surface area contributed by atoms with Gasteiger partial charge in [-0.2, -0.15) is 5.10 Å². The van der Waals surface area contributed by atoms with Crippen LogP contribution in [-0.4, -0.2) is 72.0 Å². The van der Waals surface area contributed by atoms with Crippen LogP contribution >= 0.6 is 0 Å². The van der Waals surface area contributed by atoms with Crippen molar-refractivity contribution in [3.63, 3.8) is 0 Å². The summed E-state index contributed by atoms with van der Waals surface area (Å²) in [5, 5.41) is 5.81. The molecule has 0 N–H and O–H groups in total. The SMILES string of the molecule is CC/C(=C(/B1OC(C)(C)C(C)(C)O1)c1ccc2c(cnn2C2CCCCO2)c1)c1ccc(O[C@H]2CCN(CCCF)C2)cc1. The number of ether oxygens (including phenoxy) is 2. The molecular weight excluding hydrogens is 556 g/mol. The van der Waals surface area contributed by atoms with Gasteiger partial charge in [0.2, 0.25) is 0 Å². The van der Waals surface area contributed by atoms with Crippen LogP contribution in [0.25, 0.3) is 21.9 Å². The Hall–Kier alpha value is -2.72. The summed E-state index contributed by atoms with van der Waals surface area (Å²) < 4.78 is 40.4. The van der Waals surface area contributed by atoms with E-state index in [1.54, 1.807) is 0 Å². The molecule has 1 unspecified atom stereocenters. The minimum Gasteiger partial charge on any atom is -0.489 e. The number of hydrogen-bond acceptors (Lipinski definition) is 6. The number of halogens is 1. The topological polar surface area (TPSA) is 58.0 Å². The summed E-state index contributed by atoms with van der Waals surface area (Å²) in [7, 11) is -0.520. The van der Waals surface area contributed by atoms with E-state index in [-0.39, 0.29) is 19.0 Å². The zero-order valence-corrected chi connectivity index (χ0v) is 27.0. The monoisotopic (exact) mass is 603 g/mol. The second kappa shape index (κ2) is 13.0. The van der Waals surface area contributed by atoms with Crippen LogP contribution in [0.1, 0.15) is 90.5 Å². The maximum atomic E-state index is 12.6. The van der Waals surface area contributed by atoms with E-state index in [0.717, 1.165) is 91.6 Å². The summed E-state index contributed by atoms with van der Waals surface area (Å²) in [5.41, 5.74) is 4.55. The van der Waals surface area contributed by atoms with E-state index in [0.29, 0.717) is 6.42 Å². The average molecular weight is 604 g/mol. The van der Waals surface area contributed by atoms with Crippen molar-refractivity contribution in [2.75, 3.05) is 32.9 Å². The minimum absolute atomic E-state index is 0.0143. The molecule has 2 atom stereocenters. The highest BCUT2D eigenvalue weighted by molar-refractivity contribution is 6.71. The van der Waals surface area contributed by atoms with Gasteiger partial charge in [-0.25, -0.2) is 4.68 Å². The Morgan fingerprint density at radius 3 is 2.45 bits per heavy atom. The predicted octanol–water partition coefficient (Wildman–Crippen LogP) is 7.50. The van der Waals surface area contributed by atoms with Crippen molar-refractivity contribution < 1.29 is 23.2 Å². The lowest BCUT2D eigenvalue weighted by molar-refractivity contribution is -0.0366. The normalized spacial score (nSPS) is 24.2. The summed E-state index contributed by atoms with van der Waals surface area (Å²) in [4.78, 5) is 2.29. The van der Waals surface area contributed by atoms with Gasteiger partial charge in [-0.15, -0.1) is 0 Å². The number of likely N-dealkylation sites (tertiary alicyclic amines) is 1. The lowest BCUT2D eigenvalue weighted by atomic mass is 9.69. The Bertz CT molecular complexity index is 1450. The minimum atomic E-state index is -0.520. The van der Waals surface area contributed by atoms with Gasteiger partial charge in [0.05, 0.1) is 29.6 Å². The smallest absolute Gasteiger partial charge is 0.489 e. The number of nitrogens with zero attached hydrogens (tertiary/aromatic N) is 3. The van der Waals surface area contributed by atoms with Crippen molar-refractivity contribution >= 4 is 29.1 Å². The fraction of sp³-hybridized carbons (Fsp3) is 0.571. The number of benzene rings is 2. The van der Waals surface area contributed by atoms with E-state index in [4.69, 9.17) is 23.9 Å². The Morgan fingerprint density at radius 2 is 1.77 bits per heavy atom. The summed E-state index contributed by atoms with van der Waals surface area (Å²) in [5.74, 6) is 0.859. The second-order valence-electron chi connectivity index (χ2n) is 13.4. The molecule has 44 heavy (non-hydrogen) atoms. The largest absolute Gasteiger partial charge is 0.495 e. The standard InChI is InChI=1S/C35H47BFN3O4/c1-6-30(25-11-14-28(15-12-25)42-29-17-20-39(24-29)19-9-18-37)33(36-43-34(2,3)35(4,5)44-36)26-13-16-31-27(22-26)23-38-40(31)32-10-7-8-21-41-32/h11-16,22-23,29,32H,6-10,17-21,24H2,1-5H3/b33-30-/t29-,32?/m0/s1. The summed E-state index contributed by atoms with van der Waals surface area (Å²) in [6.45, 7) is 13.7. The van der Waals surface area contributed by atoms with Crippen LogP contribution in [0.4, 0.5) is 4.39 Å². The molecule has 2 aromatic carbocycles. The Morgan fingerprint density at radius 1 is 1.02 bits per heavy atom. The van der Waals surface area contributed by atoms with E-state index in [1.165, 1.54) is 5.57 Å². The Balaban J connectivity index is 1.32. The maximum absolute atomic E-state index is 12.6. The number of alkyl halides is 1. The second-order valence-corrected chi connectivity index (χ2v) is 13.4. The fourth-order valence-corrected chi connectivity index (χ4v) is 6.64. The van der Waals surface area contributed by atoms with Crippen LogP contribution in [0.15, 0.2) is 48.7 Å². The van der Waals surface area contributed by atoms with Crippen molar-refractivity contribution in [2.45, 2.75) is 96.7 Å². The van der Waals surface area contributed by atoms with Gasteiger partial charge in [-0.1, -0.05) is 25.1 Å². The maximum Gasteiger partial charge on any atom is 0.495 e. The quantitative estimate of drug-likeness (QED) is 0.177. The van der Waals surface area contributed by atoms with E-state index >= 15 is 0 Å². The third-order valence-corrected chi connectivity index (χ3v) is 9.85. The Labute approximate surface area is 261 Å². The van der Waals surface area contributed by atoms with E-state index in [9.17, 15) is 4.39 Å². The number of rotatable bonds is 10. The summed E-state index contributed by atoms with van der Waals surface area (Å²) >= 11 is 0. The Kier molecular flexibility index (Phi) is 9.21. The van der Waals surface area contributed by atoms with Crippen molar-refractivity contribution in [1.29, 1.82) is 0 Å². The molecule has 236 valence electrons. The van der Waals surface area contributed by atoms with Crippen LogP contribution in [-0.2, 0) is 14.0 Å². The van der Waals surface area contributed by atoms with Crippen LogP contribution in [0.5, 0.6) is 5.75 Å². The van der Waals surface area contributed by atoms with E-state index in [2.05, 4.69) is 82.0 Å². The molecule has 3 saturated heterocycles. The first-order valence-electron chi connectivity index (χ1n) is 16.4. The van der Waals surface area contributed by atoms with Gasteiger partial charge in [-0.05, 0) is 113 Å². The molecule has 3 aliphatic rings. The van der Waals surface area contributed by atoms with E-state index < -0.39 is 18.3 Å². The lowest BCUT2D eigenvalue weighted by Crippen LogP contribution is -2.41. The van der Waals surface area contributed by atoms with Gasteiger partial charge in [0, 0.05) is 31.6 Å². The average Bonchev–Trinajstić information content (AvgIpc) is 3.70. The van der Waals surface area contributed by atoms with Gasteiger partial charge < -0.3 is 18.8 Å². The van der Waals surface area contributed by atoms with Gasteiger partial charge in [0.25, 0.3) is 0 Å². The number of hydrogen-bond donors (Lipinski definition) is 0. The molecule has 4 heterocycles. The van der Waals surface area contributed by atoms with Crippen molar-refractivity contribution in [3.05, 3.63) is 59.8 Å². The van der Waals surface area contributed by atoms with Crippen LogP contribution in [0.3, 0.4) is 0 Å². The fourth-order valence-electron chi connectivity index (χ4n) is 6.64. The van der Waals surface area contributed by atoms with Gasteiger partial charge in [-0.3, -0.25) is 9.29 Å². The molecule has 1 aromatic heterocycles. The molecule has 0 amide bonds. The molecule has 7 nitrogen and oxygen atoms in total. The predicted molar refractivity (Wildman–Crippen MR) is 174 cm³/mol. The molecule has 0 bridgehead atoms. The highest BCUT2D eigenvalue weighted by Crippen LogP contribution is 2.44. The van der Waals surface area contributed by atoms with Crippen LogP contribution in [0, 0.1) is 0 Å². The molecule has 0 spiro atoms. The molecule has 0 aliphatic carbocycles. The van der Waals surface area contributed by atoms with E-state index in [1.807, 2.05) is 10.9 Å². The third-order valence-electron chi connectivity index (χ3n) is 9.85. The molecule has 6 rings (SSSR count). The van der Waals surface area contributed by atoms with Gasteiger partial charge in [0.15, 0.2) is 6.23 Å². The molecular formula is C35H47BFN3O4. The van der Waals surface area contributed by atoms with Crippen LogP contribution in [0.2, 0.25) is 0 Å². The first-order valence-corrected chi connectivity index (χ1v) is 16.4. The number of fused-ring (bicyclic) bond motifs is 1. The first kappa shape index (κ1) is 31.3. The van der Waals surface area contributed by atoms with Gasteiger partial charge in [0.1, 0.15) is 11.9 Å². The molecule has 3 aromatic rings. The number of aromatic nitrogens is 2. The molecule has 3 aliphatic heterocycles. The van der Waals surface area contributed by atoms with Crippen LogP contribution < -0.4 is 4.74 Å². The van der Waals surface area contributed by atoms with Crippen molar-refractivity contribution in [2.24, 2.45) is 0 Å². The molecule has 9 heteroatoms. The summed E-state index contributed by atoms with van der Waals surface area (Å²) in [6, 6.07) is 15.0. The first-order chi connectivity index (χ1) is 21.2.